The van der Waals surface area contributed by atoms with E-state index in [1.165, 1.54) is 51.4 Å². The Balaban J connectivity index is 1.65. The first-order valence-electron chi connectivity index (χ1n) is 9.88. The van der Waals surface area contributed by atoms with Crippen molar-refractivity contribution in [1.82, 2.24) is 0 Å². The van der Waals surface area contributed by atoms with Gasteiger partial charge in [0.2, 0.25) is 0 Å². The second-order valence-electron chi connectivity index (χ2n) is 9.38. The molecule has 0 heterocycles. The third kappa shape index (κ3) is 2.00. The number of allylic oxidation sites excluding steroid dienone is 2. The molecule has 4 rings (SSSR count). The highest BCUT2D eigenvalue weighted by Crippen LogP contribution is 2.64. The normalized spacial score (nSPS) is 51.3. The Morgan fingerprint density at radius 2 is 1.86 bits per heavy atom. The summed E-state index contributed by atoms with van der Waals surface area (Å²) in [6.07, 6.45) is 13.1. The van der Waals surface area contributed by atoms with Crippen molar-refractivity contribution in [3.05, 3.63) is 11.1 Å². The van der Waals surface area contributed by atoms with Crippen LogP contribution in [0.2, 0.25) is 0 Å². The van der Waals surface area contributed by atoms with Crippen LogP contribution in [0.1, 0.15) is 85.0 Å². The first-order valence-corrected chi connectivity index (χ1v) is 9.88. The molecule has 4 aliphatic carbocycles. The Morgan fingerprint density at radius 1 is 1.05 bits per heavy atom. The quantitative estimate of drug-likeness (QED) is 0.636. The van der Waals surface area contributed by atoms with Crippen LogP contribution in [0.3, 0.4) is 0 Å². The van der Waals surface area contributed by atoms with Crippen molar-refractivity contribution in [1.29, 1.82) is 0 Å². The highest BCUT2D eigenvalue weighted by Gasteiger charge is 2.54. The number of hydrogen-bond acceptors (Lipinski definition) is 1. The van der Waals surface area contributed by atoms with Crippen LogP contribution in [0.4, 0.5) is 0 Å². The summed E-state index contributed by atoms with van der Waals surface area (Å²) in [6, 6.07) is 0. The molecule has 1 unspecified atom stereocenters. The maximum atomic E-state index is 10.1. The van der Waals surface area contributed by atoms with Gasteiger partial charge in [-0.3, -0.25) is 0 Å². The van der Waals surface area contributed by atoms with Gasteiger partial charge in [-0.15, -0.1) is 0 Å². The molecule has 4 aliphatic rings. The predicted octanol–water partition coefficient (Wildman–Crippen LogP) is 5.48. The van der Waals surface area contributed by atoms with E-state index in [0.29, 0.717) is 10.8 Å². The van der Waals surface area contributed by atoms with E-state index in [2.05, 4.69) is 20.8 Å². The second kappa shape index (κ2) is 5.10. The van der Waals surface area contributed by atoms with Gasteiger partial charge in [0.1, 0.15) is 0 Å². The van der Waals surface area contributed by atoms with Crippen molar-refractivity contribution in [2.75, 3.05) is 0 Å². The molecule has 0 aromatic rings. The van der Waals surface area contributed by atoms with Gasteiger partial charge in [-0.05, 0) is 92.8 Å². The molecule has 0 aliphatic heterocycles. The van der Waals surface area contributed by atoms with E-state index < -0.39 is 0 Å². The molecule has 6 atom stereocenters. The van der Waals surface area contributed by atoms with E-state index in [1.54, 1.807) is 0 Å². The third-order valence-corrected chi connectivity index (χ3v) is 8.66. The van der Waals surface area contributed by atoms with Crippen LogP contribution in [-0.4, -0.2) is 11.2 Å². The Hall–Kier alpha value is -0.300. The average molecular weight is 303 g/mol. The minimum Gasteiger partial charge on any atom is -0.393 e. The first kappa shape index (κ1) is 15.2. The van der Waals surface area contributed by atoms with Crippen LogP contribution in [-0.2, 0) is 0 Å². The average Bonchev–Trinajstić information content (AvgIpc) is 2.86. The lowest BCUT2D eigenvalue weighted by Crippen LogP contribution is -2.49. The smallest absolute Gasteiger partial charge is 0.0543 e. The fourth-order valence-corrected chi connectivity index (χ4v) is 6.98. The zero-order valence-electron chi connectivity index (χ0n) is 14.8. The second-order valence-corrected chi connectivity index (χ2v) is 9.38. The lowest BCUT2D eigenvalue weighted by Gasteiger charge is -2.57. The lowest BCUT2D eigenvalue weighted by atomic mass is 9.49. The monoisotopic (exact) mass is 302 g/mol. The number of aliphatic hydroxyl groups excluding tert-OH is 1. The van der Waals surface area contributed by atoms with Crippen LogP contribution >= 0.6 is 0 Å². The van der Waals surface area contributed by atoms with E-state index in [4.69, 9.17) is 0 Å². The molecule has 22 heavy (non-hydrogen) atoms. The molecule has 0 bridgehead atoms. The van der Waals surface area contributed by atoms with Gasteiger partial charge < -0.3 is 5.11 Å². The summed E-state index contributed by atoms with van der Waals surface area (Å²) in [5.74, 6) is 2.60. The van der Waals surface area contributed by atoms with Gasteiger partial charge in [-0.1, -0.05) is 31.9 Å². The van der Waals surface area contributed by atoms with Gasteiger partial charge in [-0.2, -0.15) is 0 Å². The lowest BCUT2D eigenvalue weighted by molar-refractivity contribution is -0.0696. The van der Waals surface area contributed by atoms with E-state index in [1.807, 2.05) is 11.1 Å². The Labute approximate surface area is 136 Å². The Morgan fingerprint density at radius 3 is 2.64 bits per heavy atom. The minimum absolute atomic E-state index is 0.0112. The Kier molecular flexibility index (Phi) is 3.53. The summed E-state index contributed by atoms with van der Waals surface area (Å²) in [5.41, 5.74) is 4.84. The van der Waals surface area contributed by atoms with E-state index in [0.717, 1.165) is 30.6 Å². The van der Waals surface area contributed by atoms with Gasteiger partial charge in [0, 0.05) is 0 Å². The molecule has 0 aromatic carbocycles. The van der Waals surface area contributed by atoms with Crippen LogP contribution in [0.5, 0.6) is 0 Å². The summed E-state index contributed by atoms with van der Waals surface area (Å²) in [5, 5.41) is 10.1. The van der Waals surface area contributed by atoms with Crippen molar-refractivity contribution < 1.29 is 5.11 Å². The SMILES string of the molecule is CCC1(C)CCC2=C1CC[C@H]1[C@H]2CC[C@@H]2C[C@H](O)CC[C@@]21C. The molecule has 0 saturated heterocycles. The molecule has 2 fully saturated rings. The zero-order chi connectivity index (χ0) is 15.5. The minimum atomic E-state index is -0.0112. The third-order valence-electron chi connectivity index (χ3n) is 8.66. The van der Waals surface area contributed by atoms with Crippen molar-refractivity contribution in [2.24, 2.45) is 28.6 Å². The van der Waals surface area contributed by atoms with Gasteiger partial charge in [-0.25, -0.2) is 0 Å². The number of aliphatic hydroxyl groups is 1. The van der Waals surface area contributed by atoms with Crippen LogP contribution < -0.4 is 0 Å². The maximum Gasteiger partial charge on any atom is 0.0543 e. The van der Waals surface area contributed by atoms with Crippen molar-refractivity contribution in [2.45, 2.75) is 91.1 Å². The molecule has 1 heteroatoms. The van der Waals surface area contributed by atoms with E-state index in [-0.39, 0.29) is 6.10 Å². The summed E-state index contributed by atoms with van der Waals surface area (Å²) in [7, 11) is 0. The summed E-state index contributed by atoms with van der Waals surface area (Å²) < 4.78 is 0. The predicted molar refractivity (Wildman–Crippen MR) is 91.6 cm³/mol. The number of fused-ring (bicyclic) bond motifs is 4. The number of hydrogen-bond donors (Lipinski definition) is 1. The van der Waals surface area contributed by atoms with Gasteiger partial charge in [0.05, 0.1) is 6.10 Å². The summed E-state index contributed by atoms with van der Waals surface area (Å²) >= 11 is 0. The molecule has 124 valence electrons. The maximum absolute atomic E-state index is 10.1. The first-order chi connectivity index (χ1) is 10.5. The van der Waals surface area contributed by atoms with Gasteiger partial charge in [0.25, 0.3) is 0 Å². The fraction of sp³-hybridized carbons (Fsp3) is 0.905. The van der Waals surface area contributed by atoms with Crippen molar-refractivity contribution in [3.63, 3.8) is 0 Å². The summed E-state index contributed by atoms with van der Waals surface area (Å²) in [6.45, 7) is 7.50. The number of rotatable bonds is 1. The van der Waals surface area contributed by atoms with Crippen LogP contribution in [0.15, 0.2) is 11.1 Å². The van der Waals surface area contributed by atoms with Crippen molar-refractivity contribution >= 4 is 0 Å². The highest BCUT2D eigenvalue weighted by molar-refractivity contribution is 5.33. The highest BCUT2D eigenvalue weighted by atomic mass is 16.3. The standard InChI is InChI=1S/C21H34O/c1-4-20(2)11-10-17-16-6-5-14-13-15(22)9-12-21(14,3)19(16)8-7-18(17)20/h14-16,19,22H,4-13H2,1-3H3/t14-,15-,16+,19+,20?,21+/m1/s1. The van der Waals surface area contributed by atoms with E-state index >= 15 is 0 Å². The van der Waals surface area contributed by atoms with Gasteiger partial charge in [0.15, 0.2) is 0 Å². The molecular formula is C21H34O. The summed E-state index contributed by atoms with van der Waals surface area (Å²) in [4.78, 5) is 0. The van der Waals surface area contributed by atoms with Crippen LogP contribution in [0.25, 0.3) is 0 Å². The molecular weight excluding hydrogens is 268 g/mol. The molecule has 0 spiro atoms. The topological polar surface area (TPSA) is 20.2 Å². The molecule has 0 aromatic heterocycles. The van der Waals surface area contributed by atoms with Crippen LogP contribution in [0, 0.1) is 28.6 Å². The Bertz CT molecular complexity index is 492. The van der Waals surface area contributed by atoms with Gasteiger partial charge >= 0.3 is 0 Å². The molecule has 0 amide bonds. The van der Waals surface area contributed by atoms with Crippen molar-refractivity contribution in [3.8, 4) is 0 Å². The molecule has 1 N–H and O–H groups in total. The zero-order valence-corrected chi connectivity index (χ0v) is 14.8. The van der Waals surface area contributed by atoms with E-state index in [9.17, 15) is 5.11 Å². The molecule has 1 nitrogen and oxygen atoms in total. The fourth-order valence-electron chi connectivity index (χ4n) is 6.98. The largest absolute Gasteiger partial charge is 0.393 e. The molecule has 0 radical (unpaired) electrons. The molecule has 2 saturated carbocycles.